The highest BCUT2D eigenvalue weighted by molar-refractivity contribution is 7.10. The number of quaternary nitrogens is 1. The van der Waals surface area contributed by atoms with E-state index in [2.05, 4.69) is 28.8 Å². The molecule has 0 aliphatic rings. The van der Waals surface area contributed by atoms with Gasteiger partial charge < -0.3 is 10.6 Å². The van der Waals surface area contributed by atoms with Crippen molar-refractivity contribution < 1.29 is 14.9 Å². The van der Waals surface area contributed by atoms with Gasteiger partial charge >= 0.3 is 6.03 Å². The number of imide groups is 1. The second kappa shape index (κ2) is 9.12. The third-order valence-corrected chi connectivity index (χ3v) is 5.25. The van der Waals surface area contributed by atoms with Crippen LogP contribution in [0.2, 0.25) is 0 Å². The maximum absolute atomic E-state index is 12.8. The number of amides is 3. The summed E-state index contributed by atoms with van der Waals surface area (Å²) in [5.41, 5.74) is 1.95. The molecule has 4 N–H and O–H groups in total. The summed E-state index contributed by atoms with van der Waals surface area (Å²) >= 11 is 1.65. The molecule has 3 amide bonds. The van der Waals surface area contributed by atoms with Crippen LogP contribution in [0, 0.1) is 0 Å². The summed E-state index contributed by atoms with van der Waals surface area (Å²) in [5.74, 6) is -0.349. The van der Waals surface area contributed by atoms with Crippen LogP contribution in [0.4, 0.5) is 4.79 Å². The zero-order valence-corrected chi connectivity index (χ0v) is 15.8. The van der Waals surface area contributed by atoms with Gasteiger partial charge in [0.05, 0.1) is 4.88 Å². The fourth-order valence-corrected chi connectivity index (χ4v) is 3.79. The standard InChI is InChI=1S/C21H21N3O2S/c1-22-21(26)24-20(25)19(16-11-6-3-7-12-16)23-18(17-13-8-14-27-17)15-9-4-2-5-10-15/h2-14,18-19,23H,1H3,(H2,22,24,25,26)/p+1/t18-,19-/m1/s1. The highest BCUT2D eigenvalue weighted by atomic mass is 32.1. The minimum absolute atomic E-state index is 0.0492. The Balaban J connectivity index is 1.95. The van der Waals surface area contributed by atoms with Gasteiger partial charge in [-0.3, -0.25) is 10.1 Å². The van der Waals surface area contributed by atoms with Crippen molar-refractivity contribution in [3.05, 3.63) is 94.2 Å². The largest absolute Gasteiger partial charge is 0.341 e. The first-order chi connectivity index (χ1) is 13.2. The van der Waals surface area contributed by atoms with Crippen molar-refractivity contribution in [2.45, 2.75) is 12.1 Å². The topological polar surface area (TPSA) is 74.8 Å². The van der Waals surface area contributed by atoms with Crippen molar-refractivity contribution in [2.24, 2.45) is 0 Å². The highest BCUT2D eigenvalue weighted by Gasteiger charge is 2.31. The molecule has 0 unspecified atom stereocenters. The van der Waals surface area contributed by atoms with E-state index in [4.69, 9.17) is 0 Å². The van der Waals surface area contributed by atoms with Crippen molar-refractivity contribution in [2.75, 3.05) is 7.05 Å². The van der Waals surface area contributed by atoms with Crippen LogP contribution in [0.1, 0.15) is 28.1 Å². The molecule has 0 saturated carbocycles. The SMILES string of the molecule is CNC(=O)NC(=O)[C@H]([NH2+][C@H](c1ccccc1)c1cccs1)c1ccccc1. The normalized spacial score (nSPS) is 12.8. The Morgan fingerprint density at radius 1 is 0.889 bits per heavy atom. The lowest BCUT2D eigenvalue weighted by molar-refractivity contribution is -0.713. The average Bonchev–Trinajstić information content (AvgIpc) is 3.24. The van der Waals surface area contributed by atoms with Gasteiger partial charge in [0, 0.05) is 18.2 Å². The van der Waals surface area contributed by atoms with Gasteiger partial charge in [-0.05, 0) is 11.4 Å². The molecule has 3 aromatic rings. The first-order valence-electron chi connectivity index (χ1n) is 8.70. The summed E-state index contributed by atoms with van der Waals surface area (Å²) in [6, 6.07) is 22.5. The molecule has 0 aliphatic heterocycles. The van der Waals surface area contributed by atoms with Crippen LogP contribution in [0.5, 0.6) is 0 Å². The van der Waals surface area contributed by atoms with E-state index in [0.29, 0.717) is 0 Å². The maximum Gasteiger partial charge on any atom is 0.321 e. The van der Waals surface area contributed by atoms with Crippen LogP contribution in [-0.2, 0) is 4.79 Å². The molecule has 0 spiro atoms. The lowest BCUT2D eigenvalue weighted by atomic mass is 10.0. The average molecular weight is 380 g/mol. The third-order valence-electron chi connectivity index (χ3n) is 4.30. The quantitative estimate of drug-likeness (QED) is 0.615. The molecule has 2 aromatic carbocycles. The van der Waals surface area contributed by atoms with E-state index in [0.717, 1.165) is 16.0 Å². The van der Waals surface area contributed by atoms with E-state index in [9.17, 15) is 9.59 Å². The number of thiophene rings is 1. The molecule has 138 valence electrons. The Morgan fingerprint density at radius 2 is 1.52 bits per heavy atom. The number of urea groups is 1. The van der Waals surface area contributed by atoms with Gasteiger partial charge in [-0.2, -0.15) is 0 Å². The van der Waals surface area contributed by atoms with Crippen molar-refractivity contribution in [1.29, 1.82) is 0 Å². The third kappa shape index (κ3) is 4.81. The molecule has 3 rings (SSSR count). The van der Waals surface area contributed by atoms with Crippen LogP contribution in [-0.4, -0.2) is 19.0 Å². The molecular formula is C21H22N3O2S+. The van der Waals surface area contributed by atoms with Crippen LogP contribution in [0.15, 0.2) is 78.2 Å². The first-order valence-corrected chi connectivity index (χ1v) is 9.58. The second-order valence-electron chi connectivity index (χ2n) is 6.05. The predicted molar refractivity (Wildman–Crippen MR) is 106 cm³/mol. The maximum atomic E-state index is 12.8. The summed E-state index contributed by atoms with van der Waals surface area (Å²) in [4.78, 5) is 25.7. The number of carbonyl (C=O) groups excluding carboxylic acids is 2. The van der Waals surface area contributed by atoms with Crippen LogP contribution < -0.4 is 16.0 Å². The smallest absolute Gasteiger partial charge is 0.321 e. The van der Waals surface area contributed by atoms with Gasteiger partial charge in [0.2, 0.25) is 0 Å². The summed E-state index contributed by atoms with van der Waals surface area (Å²) < 4.78 is 0. The molecule has 1 heterocycles. The number of nitrogens with two attached hydrogens (primary N) is 1. The van der Waals surface area contributed by atoms with Gasteiger partial charge in [0.15, 0.2) is 6.04 Å². The Kier molecular flexibility index (Phi) is 6.35. The molecule has 1 aromatic heterocycles. The Morgan fingerprint density at radius 3 is 2.07 bits per heavy atom. The fourth-order valence-electron chi connectivity index (χ4n) is 2.95. The van der Waals surface area contributed by atoms with Crippen molar-refractivity contribution in [1.82, 2.24) is 10.6 Å². The fraction of sp³-hybridized carbons (Fsp3) is 0.143. The molecule has 0 radical (unpaired) electrons. The summed E-state index contributed by atoms with van der Waals surface area (Å²) in [5, 5.41) is 8.88. The van der Waals surface area contributed by atoms with Gasteiger partial charge in [-0.1, -0.05) is 66.7 Å². The molecule has 0 aliphatic carbocycles. The number of hydrogen-bond acceptors (Lipinski definition) is 3. The van der Waals surface area contributed by atoms with Gasteiger partial charge in [-0.15, -0.1) is 11.3 Å². The molecule has 27 heavy (non-hydrogen) atoms. The van der Waals surface area contributed by atoms with Crippen molar-refractivity contribution in [3.63, 3.8) is 0 Å². The Hall–Kier alpha value is -2.96. The Labute approximate surface area is 162 Å². The van der Waals surface area contributed by atoms with Crippen molar-refractivity contribution >= 4 is 23.3 Å². The lowest BCUT2D eigenvalue weighted by Gasteiger charge is -2.22. The van der Waals surface area contributed by atoms with Gasteiger partial charge in [-0.25, -0.2) is 4.79 Å². The Bertz CT molecular complexity index is 867. The zero-order valence-electron chi connectivity index (χ0n) is 15.0. The minimum atomic E-state index is -0.559. The molecule has 0 bridgehead atoms. The van der Waals surface area contributed by atoms with Crippen LogP contribution in [0.3, 0.4) is 0 Å². The van der Waals surface area contributed by atoms with E-state index in [1.807, 2.05) is 65.3 Å². The predicted octanol–water partition coefficient (Wildman–Crippen LogP) is 2.60. The summed E-state index contributed by atoms with van der Waals surface area (Å²) in [6.45, 7) is 0. The van der Waals surface area contributed by atoms with E-state index in [-0.39, 0.29) is 11.9 Å². The van der Waals surface area contributed by atoms with Crippen LogP contribution in [0.25, 0.3) is 0 Å². The van der Waals surface area contributed by atoms with Crippen LogP contribution >= 0.6 is 11.3 Å². The number of hydrogen-bond donors (Lipinski definition) is 3. The van der Waals surface area contributed by atoms with E-state index in [1.165, 1.54) is 7.05 Å². The zero-order chi connectivity index (χ0) is 19.1. The summed E-state index contributed by atoms with van der Waals surface area (Å²) in [6.07, 6.45) is 0. The highest BCUT2D eigenvalue weighted by Crippen LogP contribution is 2.24. The van der Waals surface area contributed by atoms with Gasteiger partial charge in [0.1, 0.15) is 6.04 Å². The molecule has 0 saturated heterocycles. The minimum Gasteiger partial charge on any atom is -0.341 e. The summed E-state index contributed by atoms with van der Waals surface area (Å²) in [7, 11) is 1.49. The number of nitrogens with one attached hydrogen (secondary N) is 2. The number of benzene rings is 2. The second-order valence-corrected chi connectivity index (χ2v) is 7.03. The molecule has 6 heteroatoms. The molecular weight excluding hydrogens is 358 g/mol. The van der Waals surface area contributed by atoms with Gasteiger partial charge in [0.25, 0.3) is 5.91 Å². The first kappa shape index (κ1) is 18.8. The molecule has 5 nitrogen and oxygen atoms in total. The lowest BCUT2D eigenvalue weighted by Crippen LogP contribution is -2.88. The molecule has 2 atom stereocenters. The number of rotatable bonds is 6. The van der Waals surface area contributed by atoms with E-state index in [1.54, 1.807) is 11.3 Å². The molecule has 0 fully saturated rings. The van der Waals surface area contributed by atoms with E-state index >= 15 is 0 Å². The van der Waals surface area contributed by atoms with E-state index < -0.39 is 12.1 Å². The van der Waals surface area contributed by atoms with Crippen molar-refractivity contribution in [3.8, 4) is 0 Å². The monoisotopic (exact) mass is 380 g/mol. The number of carbonyl (C=O) groups is 2.